The van der Waals surface area contributed by atoms with Gasteiger partial charge < -0.3 is 20.1 Å². The lowest BCUT2D eigenvalue weighted by Crippen LogP contribution is -2.41. The predicted molar refractivity (Wildman–Crippen MR) is 129 cm³/mol. The van der Waals surface area contributed by atoms with Crippen LogP contribution in [0, 0.1) is 0 Å². The van der Waals surface area contributed by atoms with E-state index in [4.69, 9.17) is 9.47 Å². The van der Waals surface area contributed by atoms with Crippen LogP contribution >= 0.6 is 0 Å². The van der Waals surface area contributed by atoms with Crippen LogP contribution in [0.5, 0.6) is 17.2 Å². The van der Waals surface area contributed by atoms with Gasteiger partial charge in [-0.1, -0.05) is 12.1 Å². The van der Waals surface area contributed by atoms with Crippen LogP contribution in [-0.2, 0) is 19.6 Å². The van der Waals surface area contributed by atoms with Crippen LogP contribution in [0.1, 0.15) is 13.8 Å². The fourth-order valence-electron chi connectivity index (χ4n) is 2.96. The van der Waals surface area contributed by atoms with Gasteiger partial charge in [-0.2, -0.15) is 4.72 Å². The van der Waals surface area contributed by atoms with Gasteiger partial charge in [0.25, 0.3) is 0 Å². The highest BCUT2D eigenvalue weighted by atomic mass is 32.2. The third-order valence-electron chi connectivity index (χ3n) is 4.63. The zero-order valence-corrected chi connectivity index (χ0v) is 19.7. The number of anilines is 2. The van der Waals surface area contributed by atoms with E-state index >= 15 is 0 Å². The maximum absolute atomic E-state index is 12.6. The van der Waals surface area contributed by atoms with Gasteiger partial charge in [-0.3, -0.25) is 9.59 Å². The van der Waals surface area contributed by atoms with Gasteiger partial charge in [0.05, 0.1) is 18.0 Å². The molecule has 0 unspecified atom stereocenters. The Kier molecular flexibility index (Phi) is 7.87. The molecule has 3 N–H and O–H groups in total. The molecule has 3 aromatic rings. The molecule has 0 aliphatic rings. The van der Waals surface area contributed by atoms with E-state index in [-0.39, 0.29) is 10.8 Å². The zero-order valence-electron chi connectivity index (χ0n) is 18.9. The average molecular weight is 484 g/mol. The fourth-order valence-corrected chi connectivity index (χ4v) is 4.16. The summed E-state index contributed by atoms with van der Waals surface area (Å²) < 4.78 is 38.6. The average Bonchev–Trinajstić information content (AvgIpc) is 2.80. The third kappa shape index (κ3) is 6.56. The van der Waals surface area contributed by atoms with Crippen LogP contribution < -0.4 is 24.8 Å². The second kappa shape index (κ2) is 10.8. The molecule has 178 valence electrons. The second-order valence-corrected chi connectivity index (χ2v) is 9.03. The van der Waals surface area contributed by atoms with Crippen LogP contribution in [0.25, 0.3) is 0 Å². The van der Waals surface area contributed by atoms with Gasteiger partial charge >= 0.3 is 0 Å². The van der Waals surface area contributed by atoms with Crippen molar-refractivity contribution in [2.75, 3.05) is 17.7 Å². The van der Waals surface area contributed by atoms with E-state index in [1.807, 2.05) is 12.1 Å². The Morgan fingerprint density at radius 1 is 0.824 bits per heavy atom. The van der Waals surface area contributed by atoms with E-state index in [0.717, 1.165) is 0 Å². The highest BCUT2D eigenvalue weighted by molar-refractivity contribution is 7.89. The van der Waals surface area contributed by atoms with Crippen molar-refractivity contribution in [3.05, 3.63) is 72.8 Å². The van der Waals surface area contributed by atoms with Gasteiger partial charge in [0.2, 0.25) is 21.8 Å². The fraction of sp³-hybridized carbons (Fsp3) is 0.167. The van der Waals surface area contributed by atoms with Crippen LogP contribution in [-0.4, -0.2) is 33.4 Å². The van der Waals surface area contributed by atoms with Crippen molar-refractivity contribution in [1.82, 2.24) is 4.72 Å². The quantitative estimate of drug-likeness (QED) is 0.426. The molecule has 10 heteroatoms. The molecule has 0 bridgehead atoms. The number of sulfonamides is 1. The van der Waals surface area contributed by atoms with Gasteiger partial charge in [0.1, 0.15) is 5.75 Å². The zero-order chi connectivity index (χ0) is 24.7. The van der Waals surface area contributed by atoms with E-state index in [0.29, 0.717) is 28.6 Å². The van der Waals surface area contributed by atoms with E-state index in [2.05, 4.69) is 15.4 Å². The summed E-state index contributed by atoms with van der Waals surface area (Å²) in [5.41, 5.74) is 0.943. The topological polar surface area (TPSA) is 123 Å². The molecule has 3 aromatic carbocycles. The number of hydrogen-bond donors (Lipinski definition) is 3. The number of carbonyl (C=O) groups excluding carboxylic acids is 2. The lowest BCUT2D eigenvalue weighted by Gasteiger charge is -2.15. The minimum absolute atomic E-state index is 0.0286. The lowest BCUT2D eigenvalue weighted by molar-refractivity contribution is -0.117. The number of ether oxygens (including phenoxy) is 2. The van der Waals surface area contributed by atoms with Gasteiger partial charge in [0.15, 0.2) is 11.5 Å². The summed E-state index contributed by atoms with van der Waals surface area (Å²) in [5, 5.41) is 5.23. The number of benzene rings is 3. The first-order valence-corrected chi connectivity index (χ1v) is 11.8. The SMILES string of the molecule is COc1ccccc1Oc1ccc(NC(=O)[C@@H](C)NS(=O)(=O)c2ccc(NC(C)=O)cc2)cc1. The van der Waals surface area contributed by atoms with Crippen LogP contribution in [0.3, 0.4) is 0 Å². The Morgan fingerprint density at radius 3 is 1.97 bits per heavy atom. The summed E-state index contributed by atoms with van der Waals surface area (Å²) in [6.07, 6.45) is 0. The lowest BCUT2D eigenvalue weighted by atomic mass is 10.2. The molecule has 0 saturated heterocycles. The Balaban J connectivity index is 1.60. The van der Waals surface area contributed by atoms with E-state index in [1.54, 1.807) is 43.5 Å². The second-order valence-electron chi connectivity index (χ2n) is 7.32. The smallest absolute Gasteiger partial charge is 0.242 e. The van der Waals surface area contributed by atoms with Crippen LogP contribution in [0.15, 0.2) is 77.7 Å². The van der Waals surface area contributed by atoms with E-state index in [1.165, 1.54) is 38.1 Å². The first-order valence-electron chi connectivity index (χ1n) is 10.3. The van der Waals surface area contributed by atoms with Crippen molar-refractivity contribution >= 4 is 33.2 Å². The number of para-hydroxylation sites is 2. The standard InChI is InChI=1S/C24H25N3O6S/c1-16(27-34(30,31)21-14-10-18(11-15-21)25-17(2)28)24(29)26-19-8-12-20(13-9-19)33-23-7-5-4-6-22(23)32-3/h4-16,27H,1-3H3,(H,25,28)(H,26,29)/t16-/m1/s1. The molecule has 0 spiro atoms. The molecule has 0 aromatic heterocycles. The van der Waals surface area contributed by atoms with Crippen LogP contribution in [0.2, 0.25) is 0 Å². The Bertz CT molecular complexity index is 1260. The number of hydrogen-bond acceptors (Lipinski definition) is 6. The molecule has 1 atom stereocenters. The first kappa shape index (κ1) is 24.7. The Morgan fingerprint density at radius 2 is 1.38 bits per heavy atom. The maximum atomic E-state index is 12.6. The molecule has 2 amide bonds. The molecule has 0 aliphatic carbocycles. The summed E-state index contributed by atoms with van der Waals surface area (Å²) in [6, 6.07) is 18.4. The molecule has 9 nitrogen and oxygen atoms in total. The van der Waals surface area contributed by atoms with Gasteiger partial charge in [-0.15, -0.1) is 0 Å². The number of carbonyl (C=O) groups is 2. The Hall–Kier alpha value is -3.89. The normalized spacial score (nSPS) is 11.9. The van der Waals surface area contributed by atoms with E-state index in [9.17, 15) is 18.0 Å². The van der Waals surface area contributed by atoms with Crippen molar-refractivity contribution in [3.8, 4) is 17.2 Å². The van der Waals surface area contributed by atoms with Gasteiger partial charge in [-0.05, 0) is 67.6 Å². The highest BCUT2D eigenvalue weighted by Crippen LogP contribution is 2.31. The molecular weight excluding hydrogens is 458 g/mol. The largest absolute Gasteiger partial charge is 0.493 e. The van der Waals surface area contributed by atoms with Crippen molar-refractivity contribution in [2.45, 2.75) is 24.8 Å². The highest BCUT2D eigenvalue weighted by Gasteiger charge is 2.22. The number of amides is 2. The predicted octanol–water partition coefficient (Wildman–Crippen LogP) is 3.75. The molecule has 34 heavy (non-hydrogen) atoms. The first-order chi connectivity index (χ1) is 16.2. The summed E-state index contributed by atoms with van der Waals surface area (Å²) >= 11 is 0. The van der Waals surface area contributed by atoms with Crippen molar-refractivity contribution in [2.24, 2.45) is 0 Å². The molecule has 0 heterocycles. The minimum atomic E-state index is -3.95. The van der Waals surface area contributed by atoms with Crippen molar-refractivity contribution in [1.29, 1.82) is 0 Å². The number of rotatable bonds is 9. The third-order valence-corrected chi connectivity index (χ3v) is 6.19. The monoisotopic (exact) mass is 483 g/mol. The molecule has 0 fully saturated rings. The maximum Gasteiger partial charge on any atom is 0.242 e. The minimum Gasteiger partial charge on any atom is -0.493 e. The number of methoxy groups -OCH3 is 1. The summed E-state index contributed by atoms with van der Waals surface area (Å²) in [6.45, 7) is 2.80. The molecule has 0 aliphatic heterocycles. The Labute approximate surface area is 198 Å². The van der Waals surface area contributed by atoms with Gasteiger partial charge in [0, 0.05) is 18.3 Å². The molecule has 0 saturated carbocycles. The number of nitrogens with one attached hydrogen (secondary N) is 3. The van der Waals surface area contributed by atoms with Crippen molar-refractivity contribution < 1.29 is 27.5 Å². The summed E-state index contributed by atoms with van der Waals surface area (Å²) in [4.78, 5) is 23.6. The van der Waals surface area contributed by atoms with Crippen molar-refractivity contribution in [3.63, 3.8) is 0 Å². The molecule has 0 radical (unpaired) electrons. The van der Waals surface area contributed by atoms with E-state index < -0.39 is 22.0 Å². The van der Waals surface area contributed by atoms with Gasteiger partial charge in [-0.25, -0.2) is 8.42 Å². The molecule has 3 rings (SSSR count). The van der Waals surface area contributed by atoms with Crippen LogP contribution in [0.4, 0.5) is 11.4 Å². The molecular formula is C24H25N3O6S. The summed E-state index contributed by atoms with van der Waals surface area (Å²) in [5.74, 6) is 0.884. The summed E-state index contributed by atoms with van der Waals surface area (Å²) in [7, 11) is -2.39.